The van der Waals surface area contributed by atoms with Gasteiger partial charge in [0.2, 0.25) is 0 Å². The van der Waals surface area contributed by atoms with E-state index in [1.807, 2.05) is 0 Å². The maximum atomic E-state index is 5.95. The molecule has 1 aliphatic heterocycles. The Kier molecular flexibility index (Phi) is 2.87. The minimum atomic E-state index is 0.184. The molecule has 0 spiro atoms. The van der Waals surface area contributed by atoms with Crippen LogP contribution in [0, 0.1) is 0 Å². The Labute approximate surface area is 68.7 Å². The van der Waals surface area contributed by atoms with Crippen molar-refractivity contribution in [3.05, 3.63) is 0 Å². The smallest absolute Gasteiger partial charge is 0.164 e. The number of likely N-dealkylation sites (N-methyl/N-ethyl adjacent to an activating group) is 1. The molecule has 1 aliphatic rings. The van der Waals surface area contributed by atoms with Crippen LogP contribution in [0.4, 0.5) is 0 Å². The fraction of sp³-hybridized carbons (Fsp3) is 1.00. The predicted molar refractivity (Wildman–Crippen MR) is 45.0 cm³/mol. The van der Waals surface area contributed by atoms with E-state index >= 15 is 0 Å². The van der Waals surface area contributed by atoms with E-state index in [0.717, 1.165) is 24.2 Å². The number of quaternary nitrogens is 1. The SMILES string of the molecule is CCC[N+]1(C)CCOCC1N. The van der Waals surface area contributed by atoms with Crippen molar-refractivity contribution in [2.24, 2.45) is 5.73 Å². The molecule has 2 N–H and O–H groups in total. The van der Waals surface area contributed by atoms with Gasteiger partial charge in [-0.25, -0.2) is 0 Å². The lowest BCUT2D eigenvalue weighted by Gasteiger charge is -2.42. The summed E-state index contributed by atoms with van der Waals surface area (Å²) in [7, 11) is 2.22. The van der Waals surface area contributed by atoms with Crippen molar-refractivity contribution in [3.8, 4) is 0 Å². The van der Waals surface area contributed by atoms with Crippen molar-refractivity contribution in [1.29, 1.82) is 0 Å². The minimum Gasteiger partial charge on any atom is -0.368 e. The summed E-state index contributed by atoms with van der Waals surface area (Å²) in [6, 6.07) is 0. The summed E-state index contributed by atoms with van der Waals surface area (Å²) >= 11 is 0. The molecule has 0 radical (unpaired) electrons. The zero-order chi connectivity index (χ0) is 8.32. The van der Waals surface area contributed by atoms with E-state index in [0.29, 0.717) is 0 Å². The third kappa shape index (κ3) is 1.92. The van der Waals surface area contributed by atoms with Gasteiger partial charge in [-0.15, -0.1) is 0 Å². The number of ether oxygens (including phenoxy) is 1. The van der Waals surface area contributed by atoms with E-state index in [4.69, 9.17) is 10.5 Å². The fourth-order valence-corrected chi connectivity index (χ4v) is 1.61. The van der Waals surface area contributed by atoms with E-state index < -0.39 is 0 Å². The van der Waals surface area contributed by atoms with Gasteiger partial charge in [-0.3, -0.25) is 5.73 Å². The molecule has 0 aromatic heterocycles. The summed E-state index contributed by atoms with van der Waals surface area (Å²) in [4.78, 5) is 0. The van der Waals surface area contributed by atoms with Crippen LogP contribution in [0.3, 0.4) is 0 Å². The highest BCUT2D eigenvalue weighted by atomic mass is 16.5. The van der Waals surface area contributed by atoms with Gasteiger partial charge in [0.15, 0.2) is 6.17 Å². The Morgan fingerprint density at radius 1 is 1.64 bits per heavy atom. The molecule has 0 aliphatic carbocycles. The van der Waals surface area contributed by atoms with Crippen molar-refractivity contribution in [3.63, 3.8) is 0 Å². The molecule has 1 rings (SSSR count). The van der Waals surface area contributed by atoms with Crippen LogP contribution in [0.2, 0.25) is 0 Å². The van der Waals surface area contributed by atoms with Gasteiger partial charge < -0.3 is 9.22 Å². The Morgan fingerprint density at radius 3 is 2.91 bits per heavy atom. The van der Waals surface area contributed by atoms with Crippen LogP contribution in [0.25, 0.3) is 0 Å². The lowest BCUT2D eigenvalue weighted by molar-refractivity contribution is -0.940. The van der Waals surface area contributed by atoms with Gasteiger partial charge >= 0.3 is 0 Å². The summed E-state index contributed by atoms with van der Waals surface area (Å²) in [5.41, 5.74) is 5.95. The Balaban J connectivity index is 2.49. The summed E-state index contributed by atoms with van der Waals surface area (Å²) in [6.07, 6.45) is 1.38. The van der Waals surface area contributed by atoms with Crippen molar-refractivity contribution in [2.45, 2.75) is 19.5 Å². The Bertz CT molecular complexity index is 125. The van der Waals surface area contributed by atoms with Crippen LogP contribution >= 0.6 is 0 Å². The third-order valence-electron chi connectivity index (χ3n) is 2.57. The number of hydrogen-bond donors (Lipinski definition) is 1. The average molecular weight is 159 g/mol. The van der Waals surface area contributed by atoms with Gasteiger partial charge in [0, 0.05) is 0 Å². The second kappa shape index (κ2) is 3.52. The van der Waals surface area contributed by atoms with Crippen molar-refractivity contribution < 1.29 is 9.22 Å². The number of nitrogens with zero attached hydrogens (tertiary/aromatic N) is 1. The molecular formula is C8H19N2O+. The first-order valence-corrected chi connectivity index (χ1v) is 4.36. The van der Waals surface area contributed by atoms with E-state index in [1.165, 1.54) is 13.0 Å². The minimum absolute atomic E-state index is 0.184. The first-order chi connectivity index (χ1) is 5.19. The summed E-state index contributed by atoms with van der Waals surface area (Å²) in [5, 5.41) is 0. The van der Waals surface area contributed by atoms with Crippen LogP contribution in [0.15, 0.2) is 0 Å². The second-order valence-electron chi connectivity index (χ2n) is 3.57. The largest absolute Gasteiger partial charge is 0.368 e. The topological polar surface area (TPSA) is 35.2 Å². The maximum absolute atomic E-state index is 5.95. The molecule has 3 nitrogen and oxygen atoms in total. The van der Waals surface area contributed by atoms with Crippen LogP contribution < -0.4 is 5.73 Å². The zero-order valence-electron chi connectivity index (χ0n) is 7.55. The van der Waals surface area contributed by atoms with Gasteiger partial charge in [0.1, 0.15) is 13.2 Å². The molecule has 66 valence electrons. The van der Waals surface area contributed by atoms with Crippen molar-refractivity contribution in [2.75, 3.05) is 33.4 Å². The molecule has 1 heterocycles. The highest BCUT2D eigenvalue weighted by molar-refractivity contribution is 4.54. The number of rotatable bonds is 2. The molecule has 0 amide bonds. The van der Waals surface area contributed by atoms with E-state index in [1.54, 1.807) is 0 Å². The molecule has 2 unspecified atom stereocenters. The highest BCUT2D eigenvalue weighted by Crippen LogP contribution is 2.12. The molecule has 1 fully saturated rings. The zero-order valence-corrected chi connectivity index (χ0v) is 7.55. The quantitative estimate of drug-likeness (QED) is 0.582. The first kappa shape index (κ1) is 8.97. The van der Waals surface area contributed by atoms with Crippen LogP contribution in [-0.2, 0) is 4.74 Å². The first-order valence-electron chi connectivity index (χ1n) is 4.36. The van der Waals surface area contributed by atoms with Crippen molar-refractivity contribution >= 4 is 0 Å². The lowest BCUT2D eigenvalue weighted by Crippen LogP contribution is -2.63. The molecule has 0 aromatic carbocycles. The standard InChI is InChI=1S/C8H19N2O/c1-3-4-10(2)5-6-11-7-8(10)9/h8H,3-7,9H2,1-2H3/q+1. The molecule has 0 aromatic rings. The van der Waals surface area contributed by atoms with Gasteiger partial charge in [-0.05, 0) is 6.42 Å². The van der Waals surface area contributed by atoms with Crippen molar-refractivity contribution in [1.82, 2.24) is 0 Å². The summed E-state index contributed by atoms with van der Waals surface area (Å²) in [5.74, 6) is 0. The number of nitrogens with two attached hydrogens (primary N) is 1. The maximum Gasteiger partial charge on any atom is 0.164 e. The monoisotopic (exact) mass is 159 g/mol. The Morgan fingerprint density at radius 2 is 2.36 bits per heavy atom. The molecule has 0 saturated carbocycles. The molecule has 3 heteroatoms. The molecule has 0 bridgehead atoms. The van der Waals surface area contributed by atoms with Crippen LogP contribution in [0.5, 0.6) is 0 Å². The average Bonchev–Trinajstić information content (AvgIpc) is 1.96. The molecule has 1 saturated heterocycles. The number of hydrogen-bond acceptors (Lipinski definition) is 2. The third-order valence-corrected chi connectivity index (χ3v) is 2.57. The molecule has 11 heavy (non-hydrogen) atoms. The van der Waals surface area contributed by atoms with Crippen LogP contribution in [0.1, 0.15) is 13.3 Å². The second-order valence-corrected chi connectivity index (χ2v) is 3.57. The highest BCUT2D eigenvalue weighted by Gasteiger charge is 2.32. The number of morpholine rings is 1. The van der Waals surface area contributed by atoms with Gasteiger partial charge in [0.05, 0.1) is 20.2 Å². The van der Waals surface area contributed by atoms with Gasteiger partial charge in [-0.1, -0.05) is 6.92 Å². The molecule has 2 atom stereocenters. The summed E-state index contributed by atoms with van der Waals surface area (Å²) < 4.78 is 6.27. The van der Waals surface area contributed by atoms with E-state index in [9.17, 15) is 0 Å². The fourth-order valence-electron chi connectivity index (χ4n) is 1.61. The van der Waals surface area contributed by atoms with Gasteiger partial charge in [-0.2, -0.15) is 0 Å². The molecular weight excluding hydrogens is 140 g/mol. The summed E-state index contributed by atoms with van der Waals surface area (Å²) in [6.45, 7) is 6.02. The predicted octanol–water partition coefficient (Wildman–Crippen LogP) is 0.158. The van der Waals surface area contributed by atoms with E-state index in [2.05, 4.69) is 14.0 Å². The van der Waals surface area contributed by atoms with E-state index in [-0.39, 0.29) is 6.17 Å². The van der Waals surface area contributed by atoms with Crippen LogP contribution in [-0.4, -0.2) is 44.0 Å². The Hall–Kier alpha value is -0.120. The lowest BCUT2D eigenvalue weighted by atomic mass is 10.2. The normalized spacial score (nSPS) is 39.0. The van der Waals surface area contributed by atoms with Gasteiger partial charge in [0.25, 0.3) is 0 Å².